The van der Waals surface area contributed by atoms with Gasteiger partial charge in [0, 0.05) is 18.8 Å². The molecule has 1 aromatic carbocycles. The largest absolute Gasteiger partial charge is 0.309 e. The van der Waals surface area contributed by atoms with Crippen molar-refractivity contribution in [3.8, 4) is 6.07 Å². The summed E-state index contributed by atoms with van der Waals surface area (Å²) in [7, 11) is 0. The maximum Gasteiger partial charge on any atom is 0.271 e. The van der Waals surface area contributed by atoms with Crippen molar-refractivity contribution < 1.29 is 4.79 Å². The lowest BCUT2D eigenvalue weighted by Crippen LogP contribution is -2.30. The fourth-order valence-electron chi connectivity index (χ4n) is 3.70. The molecule has 0 unspecified atom stereocenters. The van der Waals surface area contributed by atoms with Crippen LogP contribution in [0.3, 0.4) is 0 Å². The van der Waals surface area contributed by atoms with E-state index >= 15 is 0 Å². The number of nitrogens with zero attached hydrogens (tertiary/aromatic N) is 5. The van der Waals surface area contributed by atoms with E-state index in [2.05, 4.69) is 11.1 Å². The summed E-state index contributed by atoms with van der Waals surface area (Å²) in [6.45, 7) is 6.35. The first-order chi connectivity index (χ1) is 15.9. The first kappa shape index (κ1) is 21.9. The van der Waals surface area contributed by atoms with Gasteiger partial charge in [-0.2, -0.15) is 10.3 Å². The fourth-order valence-corrected chi connectivity index (χ4v) is 3.70. The van der Waals surface area contributed by atoms with Crippen LogP contribution < -0.4 is 11.0 Å². The Labute approximate surface area is 190 Å². The number of aryl methyl sites for hydroxylation is 1. The van der Waals surface area contributed by atoms with Crippen molar-refractivity contribution in [3.63, 3.8) is 0 Å². The zero-order valence-electron chi connectivity index (χ0n) is 18.7. The van der Waals surface area contributed by atoms with Crippen molar-refractivity contribution in [1.29, 1.82) is 5.26 Å². The molecule has 0 bridgehead atoms. The number of aromatic nitrogens is 3. The molecule has 0 spiro atoms. The number of pyridine rings is 2. The van der Waals surface area contributed by atoms with Crippen LogP contribution in [0.15, 0.2) is 70.6 Å². The molecular formula is C26H23N5O2. The lowest BCUT2D eigenvalue weighted by molar-refractivity contribution is -0.113. The van der Waals surface area contributed by atoms with Gasteiger partial charge in [0.2, 0.25) is 0 Å². The maximum atomic E-state index is 13.2. The van der Waals surface area contributed by atoms with E-state index in [9.17, 15) is 14.9 Å². The average molecular weight is 438 g/mol. The number of nitriles is 1. The molecule has 3 aromatic heterocycles. The Morgan fingerprint density at radius 2 is 1.94 bits per heavy atom. The first-order valence-electron chi connectivity index (χ1n) is 10.7. The third-order valence-electron chi connectivity index (χ3n) is 5.21. The van der Waals surface area contributed by atoms with Gasteiger partial charge < -0.3 is 4.57 Å². The smallest absolute Gasteiger partial charge is 0.271 e. The molecule has 0 aliphatic heterocycles. The first-order valence-corrected chi connectivity index (χ1v) is 10.7. The Balaban J connectivity index is 2.01. The number of benzene rings is 1. The molecule has 0 fully saturated rings. The van der Waals surface area contributed by atoms with Crippen LogP contribution in [0.2, 0.25) is 0 Å². The van der Waals surface area contributed by atoms with Gasteiger partial charge in [-0.05, 0) is 42.2 Å². The van der Waals surface area contributed by atoms with E-state index in [1.165, 1.54) is 16.5 Å². The quantitative estimate of drug-likeness (QED) is 0.360. The van der Waals surface area contributed by atoms with E-state index in [-0.39, 0.29) is 22.5 Å². The molecule has 1 amide bonds. The highest BCUT2D eigenvalue weighted by atomic mass is 16.1. The standard InChI is InChI=1S/C26H23N5O2/c1-17(2)16-31-24(28-22(32)12-11-19-9-5-4-6-10-19)20(15-27)14-21-25(31)29-23-18(3)8-7-13-30(23)26(21)33/h4-14,17H,16H2,1-3H3. The molecule has 0 saturated heterocycles. The fraction of sp³-hybridized carbons (Fsp3) is 0.192. The molecule has 4 aromatic rings. The van der Waals surface area contributed by atoms with E-state index in [1.807, 2.05) is 57.2 Å². The molecule has 164 valence electrons. The van der Waals surface area contributed by atoms with Crippen molar-refractivity contribution in [2.45, 2.75) is 27.3 Å². The Hall–Kier alpha value is -4.31. The molecule has 0 radical (unpaired) electrons. The Kier molecular flexibility index (Phi) is 6.01. The van der Waals surface area contributed by atoms with Crippen LogP contribution in [-0.2, 0) is 11.3 Å². The topological polar surface area (TPSA) is 92.5 Å². The summed E-state index contributed by atoms with van der Waals surface area (Å²) >= 11 is 0. The summed E-state index contributed by atoms with van der Waals surface area (Å²) in [6.07, 6.45) is 4.70. The van der Waals surface area contributed by atoms with Crippen molar-refractivity contribution in [2.75, 3.05) is 0 Å². The second-order valence-corrected chi connectivity index (χ2v) is 8.23. The maximum absolute atomic E-state index is 13.2. The van der Waals surface area contributed by atoms with Gasteiger partial charge in [-0.25, -0.2) is 4.98 Å². The molecule has 7 nitrogen and oxygen atoms in total. The Morgan fingerprint density at radius 1 is 1.18 bits per heavy atom. The van der Waals surface area contributed by atoms with Crippen molar-refractivity contribution in [3.05, 3.63) is 93.3 Å². The lowest BCUT2D eigenvalue weighted by atomic mass is 10.1. The van der Waals surface area contributed by atoms with Gasteiger partial charge in [-0.3, -0.25) is 14.0 Å². The predicted molar refractivity (Wildman–Crippen MR) is 127 cm³/mol. The summed E-state index contributed by atoms with van der Waals surface area (Å²) in [5.74, 6) is -0.339. The highest BCUT2D eigenvalue weighted by Crippen LogP contribution is 2.14. The molecular weight excluding hydrogens is 414 g/mol. The van der Waals surface area contributed by atoms with Crippen molar-refractivity contribution in [1.82, 2.24) is 14.0 Å². The normalized spacial score (nSPS) is 12.2. The van der Waals surface area contributed by atoms with Crippen molar-refractivity contribution >= 4 is 28.7 Å². The minimum Gasteiger partial charge on any atom is -0.309 e. The number of fused-ring (bicyclic) bond motifs is 2. The molecule has 0 aliphatic rings. The van der Waals surface area contributed by atoms with E-state index in [4.69, 9.17) is 4.98 Å². The lowest BCUT2D eigenvalue weighted by Gasteiger charge is -2.15. The number of carbonyl (C=O) groups excluding carboxylic acids is 1. The Morgan fingerprint density at radius 3 is 2.64 bits per heavy atom. The summed E-state index contributed by atoms with van der Waals surface area (Å²) in [5.41, 5.74) is 2.72. The minimum atomic E-state index is -0.499. The monoisotopic (exact) mass is 437 g/mol. The van der Waals surface area contributed by atoms with Crippen LogP contribution in [0.4, 0.5) is 0 Å². The predicted octanol–water partition coefficient (Wildman–Crippen LogP) is 3.63. The van der Waals surface area contributed by atoms with Gasteiger partial charge in [0.05, 0.1) is 10.9 Å². The van der Waals surface area contributed by atoms with Gasteiger partial charge in [-0.1, -0.05) is 50.2 Å². The second kappa shape index (κ2) is 9.05. The third kappa shape index (κ3) is 4.37. The Bertz CT molecular complexity index is 1570. The zero-order chi connectivity index (χ0) is 23.5. The SMILES string of the molecule is Cc1cccn2c(=O)c3cc(C#N)c(=NC(=O)C=Cc4ccccc4)n(CC(C)C)c3nc12. The average Bonchev–Trinajstić information content (AvgIpc) is 2.80. The number of hydrogen-bond donors (Lipinski definition) is 0. The molecule has 0 aliphatic carbocycles. The highest BCUT2D eigenvalue weighted by molar-refractivity contribution is 5.92. The van der Waals surface area contributed by atoms with Crippen molar-refractivity contribution in [2.24, 2.45) is 10.9 Å². The number of rotatable bonds is 4. The summed E-state index contributed by atoms with van der Waals surface area (Å²) in [4.78, 5) is 34.9. The molecule has 4 rings (SSSR count). The van der Waals surface area contributed by atoms with Crippen LogP contribution in [0.25, 0.3) is 22.8 Å². The number of hydrogen-bond acceptors (Lipinski definition) is 4. The van der Waals surface area contributed by atoms with Crippen LogP contribution in [0.5, 0.6) is 0 Å². The van der Waals surface area contributed by atoms with E-state index in [1.54, 1.807) is 22.9 Å². The molecule has 0 atom stereocenters. The van der Waals surface area contributed by atoms with Gasteiger partial charge in [0.1, 0.15) is 17.4 Å². The van der Waals surface area contributed by atoms with Crippen LogP contribution in [-0.4, -0.2) is 19.9 Å². The van der Waals surface area contributed by atoms with Crippen LogP contribution in [0, 0.1) is 24.2 Å². The number of amides is 1. The summed E-state index contributed by atoms with van der Waals surface area (Å²) in [6, 6.07) is 16.7. The minimum absolute atomic E-state index is 0.149. The van der Waals surface area contributed by atoms with Crippen LogP contribution >= 0.6 is 0 Å². The number of carbonyl (C=O) groups is 1. The van der Waals surface area contributed by atoms with Gasteiger partial charge in [0.25, 0.3) is 11.5 Å². The van der Waals surface area contributed by atoms with Gasteiger partial charge in [-0.15, -0.1) is 0 Å². The highest BCUT2D eigenvalue weighted by Gasteiger charge is 2.16. The van der Waals surface area contributed by atoms with Crippen LogP contribution in [0.1, 0.15) is 30.5 Å². The molecule has 3 heterocycles. The summed E-state index contributed by atoms with van der Waals surface area (Å²) in [5, 5.41) is 10.1. The molecule has 0 N–H and O–H groups in total. The summed E-state index contributed by atoms with van der Waals surface area (Å²) < 4.78 is 3.18. The van der Waals surface area contributed by atoms with E-state index in [0.717, 1.165) is 11.1 Å². The molecule has 0 saturated carbocycles. The van der Waals surface area contributed by atoms with E-state index < -0.39 is 5.91 Å². The molecule has 33 heavy (non-hydrogen) atoms. The van der Waals surface area contributed by atoms with Gasteiger partial charge in [0.15, 0.2) is 5.49 Å². The van der Waals surface area contributed by atoms with E-state index in [0.29, 0.717) is 23.2 Å². The second-order valence-electron chi connectivity index (χ2n) is 8.23. The zero-order valence-corrected chi connectivity index (χ0v) is 18.7. The molecule has 7 heteroatoms. The third-order valence-corrected chi connectivity index (χ3v) is 5.21. The van der Waals surface area contributed by atoms with Gasteiger partial charge >= 0.3 is 0 Å².